The topological polar surface area (TPSA) is 42.8 Å². The third-order valence-corrected chi connectivity index (χ3v) is 5.41. The van der Waals surface area contributed by atoms with Gasteiger partial charge in [0.1, 0.15) is 0 Å². The lowest BCUT2D eigenvalue weighted by Crippen LogP contribution is -2.44. The summed E-state index contributed by atoms with van der Waals surface area (Å²) in [7, 11) is 0. The van der Waals surface area contributed by atoms with E-state index in [9.17, 15) is 0 Å². The van der Waals surface area contributed by atoms with E-state index in [1.165, 1.54) is 5.56 Å². The van der Waals surface area contributed by atoms with E-state index in [0.29, 0.717) is 0 Å². The van der Waals surface area contributed by atoms with Crippen molar-refractivity contribution in [3.8, 4) is 5.69 Å². The van der Waals surface area contributed by atoms with Crippen molar-refractivity contribution in [1.29, 1.82) is 0 Å². The van der Waals surface area contributed by atoms with E-state index in [-0.39, 0.29) is 6.10 Å². The van der Waals surface area contributed by atoms with Gasteiger partial charge in [-0.3, -0.25) is 9.80 Å². The molecule has 0 spiro atoms. The summed E-state index contributed by atoms with van der Waals surface area (Å²) in [6.45, 7) is 10.7. The van der Waals surface area contributed by atoms with Crippen LogP contribution in [0.15, 0.2) is 36.5 Å². The van der Waals surface area contributed by atoms with Crippen molar-refractivity contribution in [2.75, 3.05) is 52.5 Å². The fourth-order valence-corrected chi connectivity index (χ4v) is 3.90. The van der Waals surface area contributed by atoms with Crippen LogP contribution >= 0.6 is 0 Å². The SMILES string of the molecule is Cc1nn(-c2ccccc2)cc1CN1CCCO[C@@H](CN2CCOCC2)C1. The molecule has 2 fully saturated rings. The van der Waals surface area contributed by atoms with Crippen LogP contribution in [0.4, 0.5) is 0 Å². The molecule has 1 atom stereocenters. The van der Waals surface area contributed by atoms with Gasteiger partial charge in [-0.15, -0.1) is 0 Å². The molecule has 146 valence electrons. The predicted octanol–water partition coefficient (Wildman–Crippen LogP) is 2.10. The molecule has 0 saturated carbocycles. The van der Waals surface area contributed by atoms with E-state index >= 15 is 0 Å². The van der Waals surface area contributed by atoms with Gasteiger partial charge >= 0.3 is 0 Å². The Kier molecular flexibility index (Phi) is 6.19. The maximum atomic E-state index is 6.13. The molecule has 2 aliphatic heterocycles. The van der Waals surface area contributed by atoms with Crippen molar-refractivity contribution in [1.82, 2.24) is 19.6 Å². The second-order valence-electron chi connectivity index (χ2n) is 7.51. The van der Waals surface area contributed by atoms with Crippen LogP contribution in [0.5, 0.6) is 0 Å². The molecule has 0 unspecified atom stereocenters. The van der Waals surface area contributed by atoms with Crippen LogP contribution < -0.4 is 0 Å². The summed E-state index contributed by atoms with van der Waals surface area (Å²) in [5.41, 5.74) is 3.51. The first kappa shape index (κ1) is 18.6. The highest BCUT2D eigenvalue weighted by Crippen LogP contribution is 2.16. The maximum Gasteiger partial charge on any atom is 0.0828 e. The van der Waals surface area contributed by atoms with Gasteiger partial charge in [0.2, 0.25) is 0 Å². The molecule has 1 aromatic carbocycles. The average molecular weight is 370 g/mol. The average Bonchev–Trinajstić information content (AvgIpc) is 2.92. The Balaban J connectivity index is 1.39. The van der Waals surface area contributed by atoms with E-state index < -0.39 is 0 Å². The highest BCUT2D eigenvalue weighted by Gasteiger charge is 2.23. The highest BCUT2D eigenvalue weighted by atomic mass is 16.5. The molecule has 6 heteroatoms. The number of aromatic nitrogens is 2. The van der Waals surface area contributed by atoms with Crippen LogP contribution in [0, 0.1) is 6.92 Å². The van der Waals surface area contributed by atoms with Crippen molar-refractivity contribution >= 4 is 0 Å². The van der Waals surface area contributed by atoms with Crippen LogP contribution in [-0.2, 0) is 16.0 Å². The van der Waals surface area contributed by atoms with E-state index in [1.807, 2.05) is 22.9 Å². The lowest BCUT2D eigenvalue weighted by atomic mass is 10.2. The molecule has 0 radical (unpaired) electrons. The lowest BCUT2D eigenvalue weighted by Gasteiger charge is -2.31. The second kappa shape index (κ2) is 8.97. The number of nitrogens with zero attached hydrogens (tertiary/aromatic N) is 4. The minimum Gasteiger partial charge on any atom is -0.379 e. The zero-order chi connectivity index (χ0) is 18.5. The third kappa shape index (κ3) is 4.96. The molecule has 2 aliphatic rings. The number of benzene rings is 1. The molecular formula is C21H30N4O2. The van der Waals surface area contributed by atoms with Gasteiger partial charge in [-0.25, -0.2) is 4.68 Å². The Hall–Kier alpha value is -1.73. The lowest BCUT2D eigenvalue weighted by molar-refractivity contribution is -0.0123. The van der Waals surface area contributed by atoms with Crippen molar-refractivity contribution in [3.05, 3.63) is 47.8 Å². The summed E-state index contributed by atoms with van der Waals surface area (Å²) in [5, 5.41) is 4.72. The van der Waals surface area contributed by atoms with E-state index in [2.05, 4.69) is 35.1 Å². The Morgan fingerprint density at radius 1 is 1.04 bits per heavy atom. The number of para-hydroxylation sites is 1. The summed E-state index contributed by atoms with van der Waals surface area (Å²) < 4.78 is 13.6. The Labute approximate surface area is 161 Å². The van der Waals surface area contributed by atoms with Crippen molar-refractivity contribution < 1.29 is 9.47 Å². The minimum atomic E-state index is 0.273. The van der Waals surface area contributed by atoms with Gasteiger partial charge in [-0.05, 0) is 25.5 Å². The number of rotatable bonds is 5. The number of hydrogen-bond acceptors (Lipinski definition) is 5. The summed E-state index contributed by atoms with van der Waals surface area (Å²) >= 11 is 0. The molecule has 0 amide bonds. The van der Waals surface area contributed by atoms with Crippen molar-refractivity contribution in [3.63, 3.8) is 0 Å². The number of aryl methyl sites for hydroxylation is 1. The van der Waals surface area contributed by atoms with Crippen molar-refractivity contribution in [2.45, 2.75) is 26.0 Å². The van der Waals surface area contributed by atoms with Crippen LogP contribution in [0.3, 0.4) is 0 Å². The fraction of sp³-hybridized carbons (Fsp3) is 0.571. The smallest absolute Gasteiger partial charge is 0.0828 e. The van der Waals surface area contributed by atoms with E-state index in [1.54, 1.807) is 0 Å². The van der Waals surface area contributed by atoms with Gasteiger partial charge in [-0.1, -0.05) is 18.2 Å². The largest absolute Gasteiger partial charge is 0.379 e. The quantitative estimate of drug-likeness (QED) is 0.806. The fourth-order valence-electron chi connectivity index (χ4n) is 3.90. The van der Waals surface area contributed by atoms with E-state index in [4.69, 9.17) is 14.6 Å². The first-order chi connectivity index (χ1) is 13.3. The first-order valence-electron chi connectivity index (χ1n) is 10.0. The Bertz CT molecular complexity index is 712. The molecule has 0 N–H and O–H groups in total. The van der Waals surface area contributed by atoms with Crippen molar-refractivity contribution in [2.24, 2.45) is 0 Å². The molecule has 3 heterocycles. The minimum absolute atomic E-state index is 0.273. The standard InChI is InChI=1S/C21H30N4O2/c1-18-19(15-25(22-18)20-6-3-2-4-7-20)14-24-8-5-11-27-21(17-24)16-23-9-12-26-13-10-23/h2-4,6-7,15,21H,5,8-14,16-17H2,1H3/t21-/m0/s1. The molecule has 6 nitrogen and oxygen atoms in total. The van der Waals surface area contributed by atoms with Gasteiger partial charge in [0.05, 0.1) is 30.7 Å². The third-order valence-electron chi connectivity index (χ3n) is 5.41. The summed E-state index contributed by atoms with van der Waals surface area (Å²) in [5.74, 6) is 0. The van der Waals surface area contributed by atoms with Gasteiger partial charge in [0.25, 0.3) is 0 Å². The number of hydrogen-bond donors (Lipinski definition) is 0. The Morgan fingerprint density at radius 3 is 2.67 bits per heavy atom. The molecule has 27 heavy (non-hydrogen) atoms. The molecule has 2 saturated heterocycles. The molecule has 0 bridgehead atoms. The Morgan fingerprint density at radius 2 is 1.85 bits per heavy atom. The zero-order valence-corrected chi connectivity index (χ0v) is 16.2. The van der Waals surface area contributed by atoms with E-state index in [0.717, 1.165) is 76.9 Å². The molecular weight excluding hydrogens is 340 g/mol. The second-order valence-corrected chi connectivity index (χ2v) is 7.51. The monoisotopic (exact) mass is 370 g/mol. The molecule has 0 aliphatic carbocycles. The maximum absolute atomic E-state index is 6.13. The molecule has 1 aromatic heterocycles. The zero-order valence-electron chi connectivity index (χ0n) is 16.2. The molecule has 2 aromatic rings. The van der Waals surface area contributed by atoms with Crippen LogP contribution in [-0.4, -0.2) is 78.2 Å². The normalized spacial score (nSPS) is 22.6. The van der Waals surface area contributed by atoms with Crippen LogP contribution in [0.2, 0.25) is 0 Å². The van der Waals surface area contributed by atoms with Gasteiger partial charge in [0.15, 0.2) is 0 Å². The predicted molar refractivity (Wildman–Crippen MR) is 105 cm³/mol. The summed E-state index contributed by atoms with van der Waals surface area (Å²) in [6, 6.07) is 10.3. The van der Waals surface area contributed by atoms with Crippen LogP contribution in [0.25, 0.3) is 5.69 Å². The number of morpholine rings is 1. The highest BCUT2D eigenvalue weighted by molar-refractivity contribution is 5.32. The van der Waals surface area contributed by atoms with Crippen LogP contribution in [0.1, 0.15) is 17.7 Å². The van der Waals surface area contributed by atoms with Gasteiger partial charge < -0.3 is 9.47 Å². The molecule has 4 rings (SSSR count). The summed E-state index contributed by atoms with van der Waals surface area (Å²) in [6.07, 6.45) is 3.54. The van der Waals surface area contributed by atoms with Gasteiger partial charge in [-0.2, -0.15) is 5.10 Å². The van der Waals surface area contributed by atoms with Gasteiger partial charge in [0, 0.05) is 57.6 Å². The summed E-state index contributed by atoms with van der Waals surface area (Å²) in [4.78, 5) is 4.99. The first-order valence-corrected chi connectivity index (χ1v) is 10.0. The number of ether oxygens (including phenoxy) is 2.